The van der Waals surface area contributed by atoms with Crippen molar-refractivity contribution in [2.24, 2.45) is 10.7 Å². The number of nitrogens with zero attached hydrogens (tertiary/aromatic N) is 6. The Morgan fingerprint density at radius 3 is 2.76 bits per heavy atom. The highest BCUT2D eigenvalue weighted by Crippen LogP contribution is 2.23. The van der Waals surface area contributed by atoms with Crippen LogP contribution in [0.2, 0.25) is 0 Å². The van der Waals surface area contributed by atoms with E-state index in [1.165, 1.54) is 0 Å². The van der Waals surface area contributed by atoms with Crippen LogP contribution in [-0.4, -0.2) is 71.2 Å². The largest absolute Gasteiger partial charge is 0.400 e. The van der Waals surface area contributed by atoms with Crippen LogP contribution in [0, 0.1) is 0 Å². The lowest BCUT2D eigenvalue weighted by atomic mass is 10.1. The highest BCUT2D eigenvalue weighted by Gasteiger charge is 2.14. The molecule has 0 radical (unpaired) electrons. The van der Waals surface area contributed by atoms with Gasteiger partial charge in [-0.15, -0.1) is 5.10 Å². The third-order valence-corrected chi connectivity index (χ3v) is 5.55. The fourth-order valence-corrected chi connectivity index (χ4v) is 3.67. The Morgan fingerprint density at radius 2 is 2.00 bits per heavy atom. The van der Waals surface area contributed by atoms with E-state index in [9.17, 15) is 0 Å². The maximum absolute atomic E-state index is 6.51. The number of hydrogen-bond donors (Lipinski definition) is 2. The molecule has 9 nitrogen and oxygen atoms in total. The van der Waals surface area contributed by atoms with Gasteiger partial charge in [-0.05, 0) is 35.7 Å². The second-order valence-electron chi connectivity index (χ2n) is 8.33. The van der Waals surface area contributed by atoms with Crippen LogP contribution in [0.1, 0.15) is 30.9 Å². The Kier molecular flexibility index (Phi) is 7.21. The number of ether oxygens (including phenoxy) is 1. The van der Waals surface area contributed by atoms with Gasteiger partial charge < -0.3 is 15.8 Å². The van der Waals surface area contributed by atoms with Gasteiger partial charge in [-0.1, -0.05) is 13.8 Å². The van der Waals surface area contributed by atoms with Crippen molar-refractivity contribution in [1.82, 2.24) is 25.1 Å². The molecular formula is C24H30N8O. The van der Waals surface area contributed by atoms with Crippen molar-refractivity contribution in [3.05, 3.63) is 53.5 Å². The van der Waals surface area contributed by atoms with E-state index in [2.05, 4.69) is 44.2 Å². The van der Waals surface area contributed by atoms with Crippen LogP contribution in [0.15, 0.2) is 47.3 Å². The average Bonchev–Trinajstić information content (AvgIpc) is 2.83. The molecule has 0 unspecified atom stereocenters. The molecule has 4 heterocycles. The quantitative estimate of drug-likeness (QED) is 0.533. The number of rotatable bonds is 7. The van der Waals surface area contributed by atoms with Crippen LogP contribution < -0.4 is 11.1 Å². The fraction of sp³-hybridized carbons (Fsp3) is 0.375. The van der Waals surface area contributed by atoms with E-state index < -0.39 is 0 Å². The van der Waals surface area contributed by atoms with E-state index >= 15 is 0 Å². The Hall–Kier alpha value is -3.43. The summed E-state index contributed by atoms with van der Waals surface area (Å²) in [7, 11) is 1.74. The Labute approximate surface area is 193 Å². The standard InChI is InChI=1S/C24H30N8O/c1-16(2)17-11-24(31-28-13-17)30-23-5-4-21-22(29-23)10-18(12-27-21)19(14-26-3)20(25)15-32-6-8-33-9-7-32/h4-5,10-14,16H,6-9,15,25H2,1-3H3,(H,29,30,31). The molecule has 0 aliphatic carbocycles. The van der Waals surface area contributed by atoms with Crippen molar-refractivity contribution in [3.63, 3.8) is 0 Å². The lowest BCUT2D eigenvalue weighted by Crippen LogP contribution is -2.38. The van der Waals surface area contributed by atoms with Crippen molar-refractivity contribution in [2.75, 3.05) is 45.2 Å². The SMILES string of the molecule is CN=CC(=C(N)CN1CCOCC1)c1cnc2ccc(Nc3cc(C(C)C)cnn3)nc2c1. The molecule has 1 saturated heterocycles. The Bertz CT molecular complexity index is 1170. The number of fused-ring (bicyclic) bond motifs is 1. The molecule has 172 valence electrons. The number of hydrogen-bond acceptors (Lipinski definition) is 9. The second-order valence-corrected chi connectivity index (χ2v) is 8.33. The first-order valence-electron chi connectivity index (χ1n) is 11.1. The number of pyridine rings is 2. The molecule has 0 atom stereocenters. The summed E-state index contributed by atoms with van der Waals surface area (Å²) in [5.74, 6) is 1.70. The zero-order chi connectivity index (χ0) is 23.2. The second kappa shape index (κ2) is 10.5. The molecule has 3 N–H and O–H groups in total. The monoisotopic (exact) mass is 446 g/mol. The molecule has 1 fully saturated rings. The van der Waals surface area contributed by atoms with Crippen molar-refractivity contribution in [3.8, 4) is 0 Å². The van der Waals surface area contributed by atoms with E-state index in [0.29, 0.717) is 24.1 Å². The van der Waals surface area contributed by atoms with Gasteiger partial charge in [0.1, 0.15) is 5.82 Å². The molecule has 3 aromatic rings. The molecule has 0 saturated carbocycles. The van der Waals surface area contributed by atoms with E-state index in [4.69, 9.17) is 15.5 Å². The van der Waals surface area contributed by atoms with Crippen molar-refractivity contribution in [1.29, 1.82) is 0 Å². The molecule has 0 aromatic carbocycles. The minimum Gasteiger partial charge on any atom is -0.400 e. The van der Waals surface area contributed by atoms with E-state index in [-0.39, 0.29) is 0 Å². The highest BCUT2D eigenvalue weighted by molar-refractivity contribution is 6.11. The zero-order valence-corrected chi connectivity index (χ0v) is 19.3. The van der Waals surface area contributed by atoms with Gasteiger partial charge in [0.25, 0.3) is 0 Å². The predicted octanol–water partition coefficient (Wildman–Crippen LogP) is 2.99. The normalized spacial score (nSPS) is 15.9. The first-order valence-corrected chi connectivity index (χ1v) is 11.1. The predicted molar refractivity (Wildman–Crippen MR) is 132 cm³/mol. The number of aromatic nitrogens is 4. The van der Waals surface area contributed by atoms with Crippen LogP contribution in [0.25, 0.3) is 16.6 Å². The highest BCUT2D eigenvalue weighted by atomic mass is 16.5. The van der Waals surface area contributed by atoms with Gasteiger partial charge in [0.15, 0.2) is 5.82 Å². The maximum atomic E-state index is 6.51. The molecule has 0 spiro atoms. The summed E-state index contributed by atoms with van der Waals surface area (Å²) < 4.78 is 5.44. The lowest BCUT2D eigenvalue weighted by molar-refractivity contribution is 0.0422. The van der Waals surface area contributed by atoms with E-state index in [0.717, 1.165) is 59.7 Å². The molecule has 3 aromatic heterocycles. The van der Waals surface area contributed by atoms with Gasteiger partial charge in [-0.3, -0.25) is 14.9 Å². The van der Waals surface area contributed by atoms with Gasteiger partial charge in [0, 0.05) is 55.9 Å². The number of morpholine rings is 1. The van der Waals surface area contributed by atoms with Crippen LogP contribution >= 0.6 is 0 Å². The molecule has 0 bridgehead atoms. The smallest absolute Gasteiger partial charge is 0.154 e. The topological polar surface area (TPSA) is 114 Å². The lowest BCUT2D eigenvalue weighted by Gasteiger charge is -2.27. The molecule has 33 heavy (non-hydrogen) atoms. The average molecular weight is 447 g/mol. The third kappa shape index (κ3) is 5.68. The molecule has 1 aliphatic rings. The summed E-state index contributed by atoms with van der Waals surface area (Å²) in [6.07, 6.45) is 5.38. The number of allylic oxidation sites excluding steroid dienone is 1. The molecular weight excluding hydrogens is 416 g/mol. The third-order valence-electron chi connectivity index (χ3n) is 5.55. The Morgan fingerprint density at radius 1 is 1.18 bits per heavy atom. The van der Waals surface area contributed by atoms with Crippen LogP contribution in [0.5, 0.6) is 0 Å². The zero-order valence-electron chi connectivity index (χ0n) is 19.3. The minimum atomic E-state index is 0.366. The van der Waals surface area contributed by atoms with Crippen LogP contribution in [0.4, 0.5) is 11.6 Å². The minimum absolute atomic E-state index is 0.366. The van der Waals surface area contributed by atoms with Crippen LogP contribution in [0.3, 0.4) is 0 Å². The first-order chi connectivity index (χ1) is 16.0. The Balaban J connectivity index is 1.62. The molecule has 9 heteroatoms. The molecule has 4 rings (SSSR count). The number of anilines is 2. The molecule has 1 aliphatic heterocycles. The van der Waals surface area contributed by atoms with E-state index in [1.807, 2.05) is 30.5 Å². The van der Waals surface area contributed by atoms with Gasteiger partial charge >= 0.3 is 0 Å². The van der Waals surface area contributed by atoms with Gasteiger partial charge in [0.2, 0.25) is 0 Å². The summed E-state index contributed by atoms with van der Waals surface area (Å²) >= 11 is 0. The van der Waals surface area contributed by atoms with Crippen molar-refractivity contribution >= 4 is 34.5 Å². The summed E-state index contributed by atoms with van der Waals surface area (Å²) in [5.41, 5.74) is 11.7. The number of nitrogens with one attached hydrogen (secondary N) is 1. The van der Waals surface area contributed by atoms with Gasteiger partial charge in [-0.25, -0.2) is 4.98 Å². The molecule has 0 amide bonds. The summed E-state index contributed by atoms with van der Waals surface area (Å²) in [4.78, 5) is 15.8. The van der Waals surface area contributed by atoms with Gasteiger partial charge in [-0.2, -0.15) is 5.10 Å². The maximum Gasteiger partial charge on any atom is 0.154 e. The summed E-state index contributed by atoms with van der Waals surface area (Å²) in [5, 5.41) is 11.5. The van der Waals surface area contributed by atoms with Gasteiger partial charge in [0.05, 0.1) is 30.4 Å². The number of nitrogens with two attached hydrogens (primary N) is 1. The van der Waals surface area contributed by atoms with Crippen molar-refractivity contribution < 1.29 is 4.74 Å². The first kappa shape index (κ1) is 22.8. The fourth-order valence-electron chi connectivity index (χ4n) is 3.67. The summed E-state index contributed by atoms with van der Waals surface area (Å²) in [6.45, 7) is 8.09. The van der Waals surface area contributed by atoms with E-state index in [1.54, 1.807) is 19.5 Å². The van der Waals surface area contributed by atoms with Crippen molar-refractivity contribution in [2.45, 2.75) is 19.8 Å². The van der Waals surface area contributed by atoms with Crippen LogP contribution in [-0.2, 0) is 4.74 Å². The summed E-state index contributed by atoms with van der Waals surface area (Å²) in [6, 6.07) is 7.80. The number of aliphatic imine (C=N–C) groups is 1.